The molecule has 0 unspecified atom stereocenters. The molecular formula is C10H14N2. The molecule has 2 N–H and O–H groups in total. The van der Waals surface area contributed by atoms with Gasteiger partial charge in [-0.05, 0) is 25.5 Å². The van der Waals surface area contributed by atoms with Crippen molar-refractivity contribution in [1.82, 2.24) is 0 Å². The number of anilines is 1. The van der Waals surface area contributed by atoms with E-state index in [9.17, 15) is 0 Å². The molecule has 0 aromatic heterocycles. The lowest BCUT2D eigenvalue weighted by atomic mass is 10.0. The zero-order valence-corrected chi connectivity index (χ0v) is 7.73. The molecule has 1 rings (SSSR count). The van der Waals surface area contributed by atoms with Gasteiger partial charge in [-0.2, -0.15) is 0 Å². The second-order valence-electron chi connectivity index (χ2n) is 2.87. The summed E-state index contributed by atoms with van der Waals surface area (Å²) in [5, 5.41) is 10.7. The second kappa shape index (κ2) is 3.39. The highest BCUT2D eigenvalue weighted by Gasteiger charge is 2.04. The number of hydrogen-bond acceptors (Lipinski definition) is 2. The standard InChI is InChI=1S/C10H14N2/c1-7-5-4-6-9(12-3)10(7)8(2)11/h4-6,11-12H,1-3H3. The molecule has 12 heavy (non-hydrogen) atoms. The summed E-state index contributed by atoms with van der Waals surface area (Å²) in [6.07, 6.45) is 0. The van der Waals surface area contributed by atoms with Crippen molar-refractivity contribution >= 4 is 11.4 Å². The summed E-state index contributed by atoms with van der Waals surface area (Å²) >= 11 is 0. The summed E-state index contributed by atoms with van der Waals surface area (Å²) in [7, 11) is 1.88. The van der Waals surface area contributed by atoms with Crippen LogP contribution in [0.25, 0.3) is 0 Å². The predicted molar refractivity (Wildman–Crippen MR) is 53.2 cm³/mol. The summed E-state index contributed by atoms with van der Waals surface area (Å²) in [5.41, 5.74) is 3.80. The van der Waals surface area contributed by atoms with Crippen LogP contribution in [0.2, 0.25) is 0 Å². The highest BCUT2D eigenvalue weighted by molar-refractivity contribution is 6.02. The van der Waals surface area contributed by atoms with Crippen LogP contribution in [-0.2, 0) is 0 Å². The number of rotatable bonds is 2. The number of aryl methyl sites for hydroxylation is 1. The molecule has 1 aromatic carbocycles. The van der Waals surface area contributed by atoms with Crippen molar-refractivity contribution in [3.8, 4) is 0 Å². The first kappa shape index (κ1) is 8.78. The Labute approximate surface area is 73.1 Å². The van der Waals surface area contributed by atoms with E-state index < -0.39 is 0 Å². The molecule has 0 spiro atoms. The first-order valence-corrected chi connectivity index (χ1v) is 3.99. The van der Waals surface area contributed by atoms with Gasteiger partial charge >= 0.3 is 0 Å². The maximum atomic E-state index is 7.58. The minimum atomic E-state index is 0.609. The molecule has 0 atom stereocenters. The zero-order valence-electron chi connectivity index (χ0n) is 7.73. The Morgan fingerprint density at radius 3 is 2.50 bits per heavy atom. The molecule has 0 saturated carbocycles. The maximum absolute atomic E-state index is 7.58. The van der Waals surface area contributed by atoms with Crippen LogP contribution in [0.1, 0.15) is 18.1 Å². The summed E-state index contributed by atoms with van der Waals surface area (Å²) in [5.74, 6) is 0. The molecule has 0 aliphatic heterocycles. The van der Waals surface area contributed by atoms with Crippen molar-refractivity contribution in [2.45, 2.75) is 13.8 Å². The molecule has 0 bridgehead atoms. The highest BCUT2D eigenvalue weighted by Crippen LogP contribution is 2.18. The topological polar surface area (TPSA) is 35.9 Å². The van der Waals surface area contributed by atoms with Crippen LogP contribution in [0.4, 0.5) is 5.69 Å². The van der Waals surface area contributed by atoms with E-state index in [1.54, 1.807) is 0 Å². The molecule has 0 aliphatic rings. The summed E-state index contributed by atoms with van der Waals surface area (Å²) in [6, 6.07) is 6.00. The van der Waals surface area contributed by atoms with E-state index in [0.29, 0.717) is 5.71 Å². The van der Waals surface area contributed by atoms with Crippen LogP contribution >= 0.6 is 0 Å². The third-order valence-corrected chi connectivity index (χ3v) is 1.92. The van der Waals surface area contributed by atoms with Crippen LogP contribution in [-0.4, -0.2) is 12.8 Å². The van der Waals surface area contributed by atoms with Crippen LogP contribution in [0.5, 0.6) is 0 Å². The molecule has 0 fully saturated rings. The van der Waals surface area contributed by atoms with Crippen molar-refractivity contribution in [2.75, 3.05) is 12.4 Å². The molecule has 0 heterocycles. The molecule has 64 valence electrons. The second-order valence-corrected chi connectivity index (χ2v) is 2.87. The first-order valence-electron chi connectivity index (χ1n) is 3.99. The van der Waals surface area contributed by atoms with Gasteiger partial charge in [0, 0.05) is 24.0 Å². The smallest absolute Gasteiger partial charge is 0.0432 e. The molecule has 2 nitrogen and oxygen atoms in total. The molecule has 0 saturated heterocycles. The van der Waals surface area contributed by atoms with E-state index in [4.69, 9.17) is 5.41 Å². The Bertz CT molecular complexity index is 303. The molecule has 2 heteroatoms. The third-order valence-electron chi connectivity index (χ3n) is 1.92. The minimum Gasteiger partial charge on any atom is -0.388 e. The molecule has 0 amide bonds. The van der Waals surface area contributed by atoms with Crippen LogP contribution < -0.4 is 5.32 Å². The molecular weight excluding hydrogens is 148 g/mol. The molecule has 0 radical (unpaired) electrons. The number of benzene rings is 1. The van der Waals surface area contributed by atoms with E-state index in [1.165, 1.54) is 0 Å². The van der Waals surface area contributed by atoms with Gasteiger partial charge in [-0.25, -0.2) is 0 Å². The summed E-state index contributed by atoms with van der Waals surface area (Å²) < 4.78 is 0. The predicted octanol–water partition coefficient (Wildman–Crippen LogP) is 2.42. The van der Waals surface area contributed by atoms with Gasteiger partial charge in [-0.3, -0.25) is 0 Å². The van der Waals surface area contributed by atoms with Gasteiger partial charge < -0.3 is 10.7 Å². The molecule has 1 aromatic rings. The van der Waals surface area contributed by atoms with Gasteiger partial charge in [-0.1, -0.05) is 12.1 Å². The Hall–Kier alpha value is -1.31. The Morgan fingerprint density at radius 2 is 2.08 bits per heavy atom. The normalized spacial score (nSPS) is 9.58. The lowest BCUT2D eigenvalue weighted by molar-refractivity contribution is 1.36. The lowest BCUT2D eigenvalue weighted by Gasteiger charge is -2.10. The number of hydrogen-bond donors (Lipinski definition) is 2. The van der Waals surface area contributed by atoms with Crippen molar-refractivity contribution in [1.29, 1.82) is 5.41 Å². The van der Waals surface area contributed by atoms with Crippen molar-refractivity contribution in [3.63, 3.8) is 0 Å². The Morgan fingerprint density at radius 1 is 1.42 bits per heavy atom. The quantitative estimate of drug-likeness (QED) is 0.644. The molecule has 0 aliphatic carbocycles. The van der Waals surface area contributed by atoms with Crippen molar-refractivity contribution < 1.29 is 0 Å². The van der Waals surface area contributed by atoms with E-state index >= 15 is 0 Å². The van der Waals surface area contributed by atoms with Gasteiger partial charge in [-0.15, -0.1) is 0 Å². The average Bonchev–Trinajstić information content (AvgIpc) is 2.03. The fourth-order valence-electron chi connectivity index (χ4n) is 1.37. The largest absolute Gasteiger partial charge is 0.388 e. The van der Waals surface area contributed by atoms with E-state index in [2.05, 4.69) is 5.32 Å². The fourth-order valence-corrected chi connectivity index (χ4v) is 1.37. The van der Waals surface area contributed by atoms with Crippen LogP contribution in [0, 0.1) is 12.3 Å². The SMILES string of the molecule is CNc1cccc(C)c1C(C)=N. The van der Waals surface area contributed by atoms with E-state index in [-0.39, 0.29) is 0 Å². The maximum Gasteiger partial charge on any atom is 0.0432 e. The monoisotopic (exact) mass is 162 g/mol. The minimum absolute atomic E-state index is 0.609. The Kier molecular flexibility index (Phi) is 2.48. The van der Waals surface area contributed by atoms with Crippen molar-refractivity contribution in [2.24, 2.45) is 0 Å². The highest BCUT2D eigenvalue weighted by atomic mass is 14.8. The van der Waals surface area contributed by atoms with Gasteiger partial charge in [0.15, 0.2) is 0 Å². The third kappa shape index (κ3) is 1.47. The lowest BCUT2D eigenvalue weighted by Crippen LogP contribution is -2.02. The van der Waals surface area contributed by atoms with Gasteiger partial charge in [0.1, 0.15) is 0 Å². The fraction of sp³-hybridized carbons (Fsp3) is 0.300. The Balaban J connectivity index is 3.29. The van der Waals surface area contributed by atoms with Crippen LogP contribution in [0.15, 0.2) is 18.2 Å². The van der Waals surface area contributed by atoms with E-state index in [0.717, 1.165) is 16.8 Å². The number of nitrogens with one attached hydrogen (secondary N) is 2. The van der Waals surface area contributed by atoms with Gasteiger partial charge in [0.25, 0.3) is 0 Å². The van der Waals surface area contributed by atoms with Gasteiger partial charge in [0.05, 0.1) is 0 Å². The van der Waals surface area contributed by atoms with Crippen molar-refractivity contribution in [3.05, 3.63) is 29.3 Å². The van der Waals surface area contributed by atoms with Gasteiger partial charge in [0.2, 0.25) is 0 Å². The first-order chi connectivity index (χ1) is 5.66. The van der Waals surface area contributed by atoms with E-state index in [1.807, 2.05) is 39.1 Å². The zero-order chi connectivity index (χ0) is 9.14. The van der Waals surface area contributed by atoms with Crippen LogP contribution in [0.3, 0.4) is 0 Å². The average molecular weight is 162 g/mol. The summed E-state index contributed by atoms with van der Waals surface area (Å²) in [4.78, 5) is 0. The summed E-state index contributed by atoms with van der Waals surface area (Å²) in [6.45, 7) is 3.83.